The monoisotopic (exact) mass is 319 g/mol. The Labute approximate surface area is 140 Å². The van der Waals surface area contributed by atoms with Crippen molar-refractivity contribution >= 4 is 5.69 Å². The van der Waals surface area contributed by atoms with E-state index in [4.69, 9.17) is 4.74 Å². The largest absolute Gasteiger partial charge is 0.486 e. The molecule has 0 aromatic heterocycles. The first-order chi connectivity index (χ1) is 11.7. The van der Waals surface area contributed by atoms with Gasteiger partial charge in [0, 0.05) is 23.6 Å². The third-order valence-corrected chi connectivity index (χ3v) is 4.14. The first kappa shape index (κ1) is 15.8. The standard InChI is InChI=1S/C20H17NO3/c1-2-24-20(13-8-15-6-4-3-5-7-15)19-14-18(19)16-9-11-17(12-10-16)21(22)23/h2-7,9-12,18-20H,1,14H2/t18-,19-,20+/m1/s1. The van der Waals surface area contributed by atoms with Crippen LogP contribution in [-0.4, -0.2) is 11.0 Å². The molecule has 0 saturated heterocycles. The first-order valence-corrected chi connectivity index (χ1v) is 7.76. The molecule has 0 heterocycles. The van der Waals surface area contributed by atoms with Gasteiger partial charge in [0.1, 0.15) is 0 Å². The number of benzene rings is 2. The van der Waals surface area contributed by atoms with Crippen LogP contribution in [-0.2, 0) is 4.74 Å². The lowest BCUT2D eigenvalue weighted by atomic mass is 10.1. The van der Waals surface area contributed by atoms with Crippen LogP contribution in [0.15, 0.2) is 67.4 Å². The van der Waals surface area contributed by atoms with Crippen LogP contribution in [0.4, 0.5) is 5.69 Å². The molecule has 0 N–H and O–H groups in total. The molecule has 3 atom stereocenters. The van der Waals surface area contributed by atoms with Gasteiger partial charge in [-0.1, -0.05) is 48.8 Å². The highest BCUT2D eigenvalue weighted by atomic mass is 16.6. The summed E-state index contributed by atoms with van der Waals surface area (Å²) in [6, 6.07) is 16.5. The molecule has 0 aliphatic heterocycles. The molecule has 2 aromatic carbocycles. The second kappa shape index (κ2) is 7.01. The molecule has 24 heavy (non-hydrogen) atoms. The summed E-state index contributed by atoms with van der Waals surface area (Å²) in [5.74, 6) is 6.91. The molecule has 4 heteroatoms. The Balaban J connectivity index is 1.71. The number of nitro benzene ring substituents is 1. The molecule has 0 radical (unpaired) electrons. The Morgan fingerprint density at radius 3 is 2.54 bits per heavy atom. The maximum Gasteiger partial charge on any atom is 0.269 e. The lowest BCUT2D eigenvalue weighted by molar-refractivity contribution is -0.384. The number of nitro groups is 1. The highest BCUT2D eigenvalue weighted by Crippen LogP contribution is 2.50. The van der Waals surface area contributed by atoms with Gasteiger partial charge in [0.2, 0.25) is 0 Å². The second-order valence-corrected chi connectivity index (χ2v) is 5.71. The van der Waals surface area contributed by atoms with Crippen molar-refractivity contribution in [3.8, 4) is 11.8 Å². The number of nitrogens with zero attached hydrogens (tertiary/aromatic N) is 1. The van der Waals surface area contributed by atoms with Crippen LogP contribution in [0.5, 0.6) is 0 Å². The van der Waals surface area contributed by atoms with E-state index in [0.29, 0.717) is 5.92 Å². The topological polar surface area (TPSA) is 52.4 Å². The summed E-state index contributed by atoms with van der Waals surface area (Å²) in [7, 11) is 0. The van der Waals surface area contributed by atoms with Gasteiger partial charge in [0.05, 0.1) is 11.2 Å². The van der Waals surface area contributed by atoms with Crippen molar-refractivity contribution in [2.24, 2.45) is 5.92 Å². The van der Waals surface area contributed by atoms with Crippen LogP contribution in [0.1, 0.15) is 23.5 Å². The van der Waals surface area contributed by atoms with E-state index in [2.05, 4.69) is 18.4 Å². The zero-order chi connectivity index (χ0) is 16.9. The highest BCUT2D eigenvalue weighted by molar-refractivity contribution is 5.39. The minimum atomic E-state index is -0.386. The average Bonchev–Trinajstić information content (AvgIpc) is 3.40. The molecule has 3 rings (SSSR count). The smallest absolute Gasteiger partial charge is 0.269 e. The van der Waals surface area contributed by atoms with Crippen molar-refractivity contribution in [2.45, 2.75) is 18.4 Å². The molecule has 1 fully saturated rings. The van der Waals surface area contributed by atoms with Gasteiger partial charge >= 0.3 is 0 Å². The SMILES string of the molecule is C=CO[C@@H](C#Cc1ccccc1)[C@@H]1C[C@@H]1c1ccc([N+](=O)[O-])cc1. The summed E-state index contributed by atoms with van der Waals surface area (Å²) < 4.78 is 5.58. The maximum absolute atomic E-state index is 10.7. The number of ether oxygens (including phenoxy) is 1. The summed E-state index contributed by atoms with van der Waals surface area (Å²) in [4.78, 5) is 10.3. The normalized spacial score (nSPS) is 19.5. The van der Waals surface area contributed by atoms with E-state index in [1.807, 2.05) is 42.5 Å². The van der Waals surface area contributed by atoms with Gasteiger partial charge in [0.15, 0.2) is 6.10 Å². The molecule has 1 aliphatic rings. The zero-order valence-corrected chi connectivity index (χ0v) is 13.1. The van der Waals surface area contributed by atoms with E-state index in [1.54, 1.807) is 12.1 Å². The zero-order valence-electron chi connectivity index (χ0n) is 13.1. The van der Waals surface area contributed by atoms with Gasteiger partial charge in [-0.05, 0) is 30.0 Å². The molecule has 2 aromatic rings. The molecule has 120 valence electrons. The quantitative estimate of drug-likeness (QED) is 0.358. The molecule has 0 bridgehead atoms. The summed E-state index contributed by atoms with van der Waals surface area (Å²) in [5.41, 5.74) is 2.14. The lowest BCUT2D eigenvalue weighted by Crippen LogP contribution is -2.10. The predicted octanol–water partition coefficient (Wildman–Crippen LogP) is 4.28. The van der Waals surface area contributed by atoms with Crippen molar-refractivity contribution in [3.05, 3.63) is 88.7 Å². The van der Waals surface area contributed by atoms with E-state index in [9.17, 15) is 10.1 Å². The van der Waals surface area contributed by atoms with Gasteiger partial charge in [-0.15, -0.1) is 0 Å². The van der Waals surface area contributed by atoms with Crippen LogP contribution in [0.3, 0.4) is 0 Å². The summed E-state index contributed by atoms with van der Waals surface area (Å²) >= 11 is 0. The fourth-order valence-electron chi connectivity index (χ4n) is 2.80. The predicted molar refractivity (Wildman–Crippen MR) is 92.3 cm³/mol. The first-order valence-electron chi connectivity index (χ1n) is 7.76. The van der Waals surface area contributed by atoms with Crippen LogP contribution in [0.2, 0.25) is 0 Å². The minimum absolute atomic E-state index is 0.110. The van der Waals surface area contributed by atoms with Gasteiger partial charge in [-0.25, -0.2) is 0 Å². The Morgan fingerprint density at radius 1 is 1.21 bits per heavy atom. The van der Waals surface area contributed by atoms with Gasteiger partial charge < -0.3 is 4.74 Å². The van der Waals surface area contributed by atoms with Gasteiger partial charge in [-0.3, -0.25) is 10.1 Å². The number of rotatable bonds is 5. The Kier molecular flexibility index (Phi) is 4.62. The molecule has 0 amide bonds. The molecular weight excluding hydrogens is 302 g/mol. The fourth-order valence-corrected chi connectivity index (χ4v) is 2.80. The van der Waals surface area contributed by atoms with E-state index in [1.165, 1.54) is 6.26 Å². The van der Waals surface area contributed by atoms with Gasteiger partial charge in [0.25, 0.3) is 5.69 Å². The minimum Gasteiger partial charge on any atom is -0.486 e. The summed E-state index contributed by atoms with van der Waals surface area (Å²) in [6.45, 7) is 3.63. The van der Waals surface area contributed by atoms with E-state index in [-0.39, 0.29) is 22.6 Å². The van der Waals surface area contributed by atoms with Crippen molar-refractivity contribution in [1.82, 2.24) is 0 Å². The summed E-state index contributed by atoms with van der Waals surface area (Å²) in [5, 5.41) is 10.7. The van der Waals surface area contributed by atoms with Crippen molar-refractivity contribution in [1.29, 1.82) is 0 Å². The molecular formula is C20H17NO3. The number of non-ortho nitro benzene ring substituents is 1. The fraction of sp³-hybridized carbons (Fsp3) is 0.200. The number of hydrogen-bond acceptors (Lipinski definition) is 3. The number of hydrogen-bond donors (Lipinski definition) is 0. The van der Waals surface area contributed by atoms with E-state index in [0.717, 1.165) is 17.5 Å². The van der Waals surface area contributed by atoms with Crippen LogP contribution < -0.4 is 0 Å². The molecule has 4 nitrogen and oxygen atoms in total. The highest BCUT2D eigenvalue weighted by Gasteiger charge is 2.44. The molecule has 1 aliphatic carbocycles. The van der Waals surface area contributed by atoms with E-state index >= 15 is 0 Å². The maximum atomic E-state index is 10.7. The van der Waals surface area contributed by atoms with Crippen LogP contribution in [0.25, 0.3) is 0 Å². The third-order valence-electron chi connectivity index (χ3n) is 4.14. The molecule has 1 saturated carbocycles. The van der Waals surface area contributed by atoms with Crippen molar-refractivity contribution in [2.75, 3.05) is 0 Å². The van der Waals surface area contributed by atoms with Crippen molar-refractivity contribution in [3.63, 3.8) is 0 Å². The summed E-state index contributed by atoms with van der Waals surface area (Å²) in [6.07, 6.45) is 2.16. The Morgan fingerprint density at radius 2 is 1.92 bits per heavy atom. The second-order valence-electron chi connectivity index (χ2n) is 5.71. The van der Waals surface area contributed by atoms with Gasteiger partial charge in [-0.2, -0.15) is 0 Å². The van der Waals surface area contributed by atoms with E-state index < -0.39 is 0 Å². The Bertz CT molecular complexity index is 787. The lowest BCUT2D eigenvalue weighted by Gasteiger charge is -2.10. The third kappa shape index (κ3) is 3.64. The molecule has 0 unspecified atom stereocenters. The Hall–Kier alpha value is -3.06. The molecule has 0 spiro atoms. The van der Waals surface area contributed by atoms with Crippen LogP contribution in [0, 0.1) is 27.9 Å². The van der Waals surface area contributed by atoms with Crippen molar-refractivity contribution < 1.29 is 9.66 Å². The average molecular weight is 319 g/mol. The van der Waals surface area contributed by atoms with Crippen LogP contribution >= 0.6 is 0 Å².